The number of hydrogen-bond acceptors (Lipinski definition) is 6. The van der Waals surface area contributed by atoms with E-state index >= 15 is 0 Å². The highest BCUT2D eigenvalue weighted by molar-refractivity contribution is 7.19. The van der Waals surface area contributed by atoms with Crippen LogP contribution in [0.5, 0.6) is 0 Å². The highest BCUT2D eigenvalue weighted by atomic mass is 32.1. The first-order valence-electron chi connectivity index (χ1n) is 5.89. The van der Waals surface area contributed by atoms with Gasteiger partial charge in [-0.3, -0.25) is 14.6 Å². The van der Waals surface area contributed by atoms with E-state index in [1.807, 2.05) is 12.1 Å². The normalized spacial score (nSPS) is 11.7. The van der Waals surface area contributed by atoms with Gasteiger partial charge in [0, 0.05) is 18.0 Å². The number of amides is 1. The molecule has 0 spiro atoms. The molecule has 1 amide bonds. The van der Waals surface area contributed by atoms with Crippen LogP contribution in [-0.4, -0.2) is 28.5 Å². The molecular weight excluding hydrogens is 278 g/mol. The summed E-state index contributed by atoms with van der Waals surface area (Å²) in [6, 6.07) is 3.72. The van der Waals surface area contributed by atoms with E-state index < -0.39 is 6.10 Å². The molecule has 1 unspecified atom stereocenters. The van der Waals surface area contributed by atoms with Crippen LogP contribution in [0.15, 0.2) is 24.5 Å². The molecule has 0 saturated carbocycles. The van der Waals surface area contributed by atoms with Crippen molar-refractivity contribution in [2.45, 2.75) is 20.0 Å². The van der Waals surface area contributed by atoms with Gasteiger partial charge in [0.15, 0.2) is 6.10 Å². The van der Waals surface area contributed by atoms with Crippen LogP contribution in [0.1, 0.15) is 12.6 Å². The summed E-state index contributed by atoms with van der Waals surface area (Å²) in [5.41, 5.74) is 1.60. The second-order valence-electron chi connectivity index (χ2n) is 4.04. The van der Waals surface area contributed by atoms with Gasteiger partial charge in [0.2, 0.25) is 0 Å². The molecule has 6 nitrogen and oxygen atoms in total. The summed E-state index contributed by atoms with van der Waals surface area (Å²) in [5, 5.41) is 4.11. The van der Waals surface area contributed by atoms with E-state index in [1.54, 1.807) is 19.3 Å². The Bertz CT molecular complexity index is 613. The molecule has 2 rings (SSSR count). The van der Waals surface area contributed by atoms with E-state index in [-0.39, 0.29) is 12.4 Å². The van der Waals surface area contributed by atoms with Gasteiger partial charge >= 0.3 is 0 Å². The number of carbonyl (C=O) groups excluding carboxylic acids is 2. The molecule has 0 aliphatic heterocycles. The molecule has 2 aromatic heterocycles. The molecule has 0 fully saturated rings. The molecule has 2 heterocycles. The molecule has 0 saturated heterocycles. The number of nitrogens with one attached hydrogen (secondary N) is 1. The number of aromatic nitrogens is 2. The fourth-order valence-electron chi connectivity index (χ4n) is 1.48. The first kappa shape index (κ1) is 14.1. The Labute approximate surface area is 119 Å². The van der Waals surface area contributed by atoms with E-state index in [1.165, 1.54) is 18.3 Å². The molecule has 0 aliphatic rings. The van der Waals surface area contributed by atoms with Crippen molar-refractivity contribution in [3.8, 4) is 10.6 Å². The largest absolute Gasteiger partial charge is 0.455 e. The highest BCUT2D eigenvalue weighted by Gasteiger charge is 2.17. The minimum Gasteiger partial charge on any atom is -0.455 e. The van der Waals surface area contributed by atoms with Crippen molar-refractivity contribution in [2.24, 2.45) is 0 Å². The van der Waals surface area contributed by atoms with Crippen molar-refractivity contribution in [3.63, 3.8) is 0 Å². The van der Waals surface area contributed by atoms with Gasteiger partial charge in [-0.2, -0.15) is 0 Å². The Morgan fingerprint density at radius 1 is 1.55 bits per heavy atom. The molecule has 104 valence electrons. The van der Waals surface area contributed by atoms with Crippen molar-refractivity contribution in [2.75, 3.05) is 5.32 Å². The quantitative estimate of drug-likeness (QED) is 0.852. The van der Waals surface area contributed by atoms with Crippen LogP contribution in [0.25, 0.3) is 10.6 Å². The number of nitrogens with zero attached hydrogens (tertiary/aromatic N) is 2. The lowest BCUT2D eigenvalue weighted by Gasteiger charge is -2.08. The number of rotatable bonds is 5. The summed E-state index contributed by atoms with van der Waals surface area (Å²) < 4.78 is 4.59. The molecular formula is C13H13N3O3S. The number of aryl methyl sites for hydroxylation is 1. The minimum absolute atomic E-state index is 0.255. The zero-order valence-corrected chi connectivity index (χ0v) is 11.8. The molecule has 0 bridgehead atoms. The maximum absolute atomic E-state index is 11.8. The van der Waals surface area contributed by atoms with Gasteiger partial charge in [0.25, 0.3) is 12.4 Å². The molecule has 2 aromatic rings. The number of ether oxygens (including phenoxy) is 1. The van der Waals surface area contributed by atoms with Crippen LogP contribution in [0.3, 0.4) is 0 Å². The predicted molar refractivity (Wildman–Crippen MR) is 75.3 cm³/mol. The SMILES string of the molecule is Cc1nc(-c2cccnc2)sc1NC(=O)C(C)OC=O. The van der Waals surface area contributed by atoms with E-state index in [9.17, 15) is 9.59 Å². The Balaban J connectivity index is 2.16. The van der Waals surface area contributed by atoms with E-state index in [4.69, 9.17) is 0 Å². The standard InChI is InChI=1S/C13H13N3O3S/c1-8-12(16-11(18)9(2)19-7-17)20-13(15-8)10-4-3-5-14-6-10/h3-7,9H,1-2H3,(H,16,18). The van der Waals surface area contributed by atoms with Gasteiger partial charge in [-0.1, -0.05) is 11.3 Å². The minimum atomic E-state index is -0.837. The van der Waals surface area contributed by atoms with Crippen molar-refractivity contribution in [1.29, 1.82) is 0 Å². The molecule has 0 aromatic carbocycles. The molecule has 1 N–H and O–H groups in total. The number of anilines is 1. The first-order chi connectivity index (χ1) is 9.61. The molecule has 0 radical (unpaired) electrons. The van der Waals surface area contributed by atoms with Crippen LogP contribution in [0.2, 0.25) is 0 Å². The van der Waals surface area contributed by atoms with Gasteiger partial charge in [0.05, 0.1) is 5.69 Å². The lowest BCUT2D eigenvalue weighted by molar-refractivity contribution is -0.141. The smallest absolute Gasteiger partial charge is 0.293 e. The average molecular weight is 291 g/mol. The third kappa shape index (κ3) is 3.18. The third-order valence-corrected chi connectivity index (χ3v) is 3.69. The Hall–Kier alpha value is -2.28. The zero-order valence-electron chi connectivity index (χ0n) is 11.0. The third-order valence-electron chi connectivity index (χ3n) is 2.57. The van der Waals surface area contributed by atoms with Crippen LogP contribution in [0.4, 0.5) is 5.00 Å². The first-order valence-corrected chi connectivity index (χ1v) is 6.71. The van der Waals surface area contributed by atoms with Gasteiger partial charge in [-0.25, -0.2) is 4.98 Å². The molecule has 1 atom stereocenters. The second kappa shape index (κ2) is 6.25. The number of thiazole rings is 1. The summed E-state index contributed by atoms with van der Waals surface area (Å²) in [6.45, 7) is 3.56. The Morgan fingerprint density at radius 2 is 2.35 bits per heavy atom. The predicted octanol–water partition coefficient (Wildman–Crippen LogP) is 2.01. The number of carbonyl (C=O) groups is 2. The average Bonchev–Trinajstić information content (AvgIpc) is 2.81. The van der Waals surface area contributed by atoms with Gasteiger partial charge in [0.1, 0.15) is 10.0 Å². The van der Waals surface area contributed by atoms with E-state index in [2.05, 4.69) is 20.0 Å². The van der Waals surface area contributed by atoms with Crippen molar-refractivity contribution in [3.05, 3.63) is 30.2 Å². The maximum atomic E-state index is 11.8. The van der Waals surface area contributed by atoms with Crippen molar-refractivity contribution >= 4 is 28.7 Å². The molecule has 20 heavy (non-hydrogen) atoms. The Morgan fingerprint density at radius 3 is 3.00 bits per heavy atom. The van der Waals surface area contributed by atoms with Gasteiger partial charge in [-0.15, -0.1) is 0 Å². The highest BCUT2D eigenvalue weighted by Crippen LogP contribution is 2.31. The van der Waals surface area contributed by atoms with Crippen LogP contribution in [0, 0.1) is 6.92 Å². The lowest BCUT2D eigenvalue weighted by Crippen LogP contribution is -2.27. The summed E-state index contributed by atoms with van der Waals surface area (Å²) >= 11 is 1.35. The summed E-state index contributed by atoms with van der Waals surface area (Å²) in [7, 11) is 0. The number of hydrogen-bond donors (Lipinski definition) is 1. The van der Waals surface area contributed by atoms with Gasteiger partial charge in [-0.05, 0) is 26.0 Å². The van der Waals surface area contributed by atoms with Crippen LogP contribution in [-0.2, 0) is 14.3 Å². The van der Waals surface area contributed by atoms with E-state index in [0.717, 1.165) is 10.6 Å². The monoisotopic (exact) mass is 291 g/mol. The molecule has 0 aliphatic carbocycles. The zero-order chi connectivity index (χ0) is 14.5. The fraction of sp³-hybridized carbons (Fsp3) is 0.231. The van der Waals surface area contributed by atoms with Crippen LogP contribution >= 0.6 is 11.3 Å². The van der Waals surface area contributed by atoms with Crippen molar-refractivity contribution in [1.82, 2.24) is 9.97 Å². The summed E-state index contributed by atoms with van der Waals surface area (Å²) in [5.74, 6) is -0.387. The number of pyridine rings is 1. The summed E-state index contributed by atoms with van der Waals surface area (Å²) in [6.07, 6.45) is 2.56. The lowest BCUT2D eigenvalue weighted by atomic mass is 10.3. The second-order valence-corrected chi connectivity index (χ2v) is 5.04. The fourth-order valence-corrected chi connectivity index (χ4v) is 2.44. The van der Waals surface area contributed by atoms with Gasteiger partial charge < -0.3 is 10.1 Å². The Kier molecular flexibility index (Phi) is 4.41. The molecule has 7 heteroatoms. The van der Waals surface area contributed by atoms with Crippen molar-refractivity contribution < 1.29 is 14.3 Å². The topological polar surface area (TPSA) is 81.2 Å². The summed E-state index contributed by atoms with van der Waals surface area (Å²) in [4.78, 5) is 30.4. The maximum Gasteiger partial charge on any atom is 0.293 e. The van der Waals surface area contributed by atoms with Crippen LogP contribution < -0.4 is 5.32 Å². The van der Waals surface area contributed by atoms with E-state index in [0.29, 0.717) is 10.7 Å².